The molecule has 0 aliphatic rings. The molecule has 1 amide bonds. The van der Waals surface area contributed by atoms with E-state index >= 15 is 0 Å². The molecule has 27 heavy (non-hydrogen) atoms. The standard InChI is InChI=1S/C18H17N3O5S/c1-12(17(22)20-15-9-5-3-7-13(15)11-19)26-18(23)14-8-4-6-10-16(14)21-27(2,24)25/h3-10,12,21H,1-2H3,(H,20,22)/t12-/m0/s1. The van der Waals surface area contributed by atoms with E-state index in [1.54, 1.807) is 30.3 Å². The summed E-state index contributed by atoms with van der Waals surface area (Å²) in [5.41, 5.74) is 0.589. The van der Waals surface area contributed by atoms with Gasteiger partial charge in [0.2, 0.25) is 10.0 Å². The third kappa shape index (κ3) is 5.55. The maximum atomic E-state index is 12.4. The van der Waals surface area contributed by atoms with Gasteiger partial charge in [-0.15, -0.1) is 0 Å². The zero-order valence-corrected chi connectivity index (χ0v) is 15.4. The summed E-state index contributed by atoms with van der Waals surface area (Å²) in [7, 11) is -3.59. The van der Waals surface area contributed by atoms with Crippen molar-refractivity contribution in [3.63, 3.8) is 0 Å². The van der Waals surface area contributed by atoms with Crippen molar-refractivity contribution in [2.75, 3.05) is 16.3 Å². The van der Waals surface area contributed by atoms with E-state index in [0.29, 0.717) is 5.69 Å². The molecule has 0 aliphatic heterocycles. The Labute approximate surface area is 156 Å². The number of amides is 1. The fourth-order valence-corrected chi connectivity index (χ4v) is 2.73. The summed E-state index contributed by atoms with van der Waals surface area (Å²) in [4.78, 5) is 24.6. The number of carbonyl (C=O) groups excluding carboxylic acids is 2. The van der Waals surface area contributed by atoms with Crippen LogP contribution in [0.15, 0.2) is 48.5 Å². The lowest BCUT2D eigenvalue weighted by atomic mass is 10.2. The van der Waals surface area contributed by atoms with Gasteiger partial charge in [-0.25, -0.2) is 13.2 Å². The average molecular weight is 387 g/mol. The molecular formula is C18H17N3O5S. The molecule has 2 rings (SSSR count). The van der Waals surface area contributed by atoms with Crippen molar-refractivity contribution < 1.29 is 22.7 Å². The van der Waals surface area contributed by atoms with E-state index in [0.717, 1.165) is 6.26 Å². The molecular weight excluding hydrogens is 370 g/mol. The number of sulfonamides is 1. The summed E-state index contributed by atoms with van der Waals surface area (Å²) in [6.45, 7) is 1.37. The first-order valence-corrected chi connectivity index (χ1v) is 9.68. The molecule has 8 nitrogen and oxygen atoms in total. The molecule has 0 aliphatic carbocycles. The highest BCUT2D eigenvalue weighted by atomic mass is 32.2. The molecule has 0 bridgehead atoms. The monoisotopic (exact) mass is 387 g/mol. The van der Waals surface area contributed by atoms with Crippen molar-refractivity contribution >= 4 is 33.3 Å². The zero-order valence-electron chi connectivity index (χ0n) is 14.6. The van der Waals surface area contributed by atoms with Crippen molar-refractivity contribution in [3.8, 4) is 6.07 Å². The van der Waals surface area contributed by atoms with E-state index in [1.165, 1.54) is 25.1 Å². The Bertz CT molecular complexity index is 1010. The van der Waals surface area contributed by atoms with Gasteiger partial charge in [-0.1, -0.05) is 24.3 Å². The van der Waals surface area contributed by atoms with Gasteiger partial charge in [0, 0.05) is 0 Å². The van der Waals surface area contributed by atoms with Gasteiger partial charge in [0.25, 0.3) is 5.91 Å². The molecule has 9 heteroatoms. The second-order valence-electron chi connectivity index (χ2n) is 5.61. The first-order valence-electron chi connectivity index (χ1n) is 7.79. The average Bonchev–Trinajstić information content (AvgIpc) is 2.61. The van der Waals surface area contributed by atoms with Crippen LogP contribution in [0.4, 0.5) is 11.4 Å². The van der Waals surface area contributed by atoms with E-state index in [1.807, 2.05) is 6.07 Å². The molecule has 0 aromatic heterocycles. The molecule has 2 N–H and O–H groups in total. The Morgan fingerprint density at radius 3 is 2.30 bits per heavy atom. The summed E-state index contributed by atoms with van der Waals surface area (Å²) in [6.07, 6.45) is -0.215. The second-order valence-corrected chi connectivity index (χ2v) is 7.36. The lowest BCUT2D eigenvalue weighted by molar-refractivity contribution is -0.123. The maximum Gasteiger partial charge on any atom is 0.341 e. The maximum absolute atomic E-state index is 12.4. The predicted octanol–water partition coefficient (Wildman–Crippen LogP) is 2.11. The van der Waals surface area contributed by atoms with Crippen molar-refractivity contribution in [2.45, 2.75) is 13.0 Å². The summed E-state index contributed by atoms with van der Waals surface area (Å²) >= 11 is 0. The molecule has 140 valence electrons. The quantitative estimate of drug-likeness (QED) is 0.731. The summed E-state index contributed by atoms with van der Waals surface area (Å²) in [6, 6.07) is 14.2. The number of ether oxygens (including phenoxy) is 1. The minimum absolute atomic E-state index is 0.0278. The molecule has 0 saturated heterocycles. The Morgan fingerprint density at radius 2 is 1.67 bits per heavy atom. The van der Waals surface area contributed by atoms with Gasteiger partial charge in [0.15, 0.2) is 6.10 Å². The fraction of sp³-hybridized carbons (Fsp3) is 0.167. The topological polar surface area (TPSA) is 125 Å². The zero-order chi connectivity index (χ0) is 20.0. The molecule has 0 saturated carbocycles. The highest BCUT2D eigenvalue weighted by molar-refractivity contribution is 7.92. The smallest absolute Gasteiger partial charge is 0.341 e. The Morgan fingerprint density at radius 1 is 1.07 bits per heavy atom. The van der Waals surface area contributed by atoms with Crippen molar-refractivity contribution in [1.29, 1.82) is 5.26 Å². The van der Waals surface area contributed by atoms with Gasteiger partial charge in [-0.3, -0.25) is 9.52 Å². The molecule has 0 radical (unpaired) electrons. The number of nitriles is 1. The van der Waals surface area contributed by atoms with Crippen LogP contribution in [0.25, 0.3) is 0 Å². The van der Waals surface area contributed by atoms with Gasteiger partial charge in [-0.2, -0.15) is 5.26 Å². The number of nitrogens with zero attached hydrogens (tertiary/aromatic N) is 1. The first kappa shape index (κ1) is 19.9. The summed E-state index contributed by atoms with van der Waals surface area (Å²) < 4.78 is 30.2. The highest BCUT2D eigenvalue weighted by Crippen LogP contribution is 2.19. The van der Waals surface area contributed by atoms with Crippen LogP contribution in [0.3, 0.4) is 0 Å². The minimum Gasteiger partial charge on any atom is -0.449 e. The second kappa shape index (κ2) is 8.33. The highest BCUT2D eigenvalue weighted by Gasteiger charge is 2.22. The SMILES string of the molecule is C[C@H](OC(=O)c1ccccc1NS(C)(=O)=O)C(=O)Nc1ccccc1C#N. The van der Waals surface area contributed by atoms with Crippen molar-refractivity contribution in [3.05, 3.63) is 59.7 Å². The molecule has 2 aromatic carbocycles. The molecule has 0 fully saturated rings. The van der Waals surface area contributed by atoms with Crippen LogP contribution in [-0.2, 0) is 19.6 Å². The van der Waals surface area contributed by atoms with E-state index in [9.17, 15) is 18.0 Å². The minimum atomic E-state index is -3.59. The van der Waals surface area contributed by atoms with Gasteiger partial charge in [0.05, 0.1) is 28.8 Å². The molecule has 1 atom stereocenters. The van der Waals surface area contributed by atoms with Gasteiger partial charge < -0.3 is 10.1 Å². The van der Waals surface area contributed by atoms with Crippen LogP contribution in [0.1, 0.15) is 22.8 Å². The van der Waals surface area contributed by atoms with Crippen molar-refractivity contribution in [1.82, 2.24) is 0 Å². The Kier molecular flexibility index (Phi) is 6.15. The number of para-hydroxylation sites is 2. The molecule has 0 spiro atoms. The number of hydrogen-bond acceptors (Lipinski definition) is 6. The largest absolute Gasteiger partial charge is 0.449 e. The molecule has 2 aromatic rings. The number of rotatable bonds is 6. The molecule has 0 unspecified atom stereocenters. The Balaban J connectivity index is 2.12. The van der Waals surface area contributed by atoms with E-state index in [-0.39, 0.29) is 16.8 Å². The third-order valence-electron chi connectivity index (χ3n) is 3.40. The predicted molar refractivity (Wildman–Crippen MR) is 99.6 cm³/mol. The summed E-state index contributed by atoms with van der Waals surface area (Å²) in [5.74, 6) is -1.49. The van der Waals surface area contributed by atoms with Crippen LogP contribution in [0, 0.1) is 11.3 Å². The van der Waals surface area contributed by atoms with Gasteiger partial charge in [-0.05, 0) is 31.2 Å². The third-order valence-corrected chi connectivity index (χ3v) is 3.99. The van der Waals surface area contributed by atoms with Crippen LogP contribution >= 0.6 is 0 Å². The number of anilines is 2. The Hall–Kier alpha value is -3.38. The number of benzene rings is 2. The number of carbonyl (C=O) groups is 2. The van der Waals surface area contributed by atoms with E-state index in [2.05, 4.69) is 10.0 Å². The number of nitrogens with one attached hydrogen (secondary N) is 2. The van der Waals surface area contributed by atoms with Crippen LogP contribution in [0.5, 0.6) is 0 Å². The van der Waals surface area contributed by atoms with Gasteiger partial charge >= 0.3 is 5.97 Å². The van der Waals surface area contributed by atoms with Crippen LogP contribution in [0.2, 0.25) is 0 Å². The fourth-order valence-electron chi connectivity index (χ4n) is 2.15. The number of esters is 1. The molecule has 0 heterocycles. The van der Waals surface area contributed by atoms with Gasteiger partial charge in [0.1, 0.15) is 6.07 Å². The lowest BCUT2D eigenvalue weighted by Gasteiger charge is -2.15. The van der Waals surface area contributed by atoms with Crippen LogP contribution in [-0.4, -0.2) is 32.7 Å². The van der Waals surface area contributed by atoms with Crippen molar-refractivity contribution in [2.24, 2.45) is 0 Å². The lowest BCUT2D eigenvalue weighted by Crippen LogP contribution is -2.30. The summed E-state index contributed by atoms with van der Waals surface area (Å²) in [5, 5.41) is 11.6. The van der Waals surface area contributed by atoms with Crippen LogP contribution < -0.4 is 10.0 Å². The van der Waals surface area contributed by atoms with E-state index in [4.69, 9.17) is 10.00 Å². The first-order chi connectivity index (χ1) is 12.7. The number of hydrogen-bond donors (Lipinski definition) is 2. The van der Waals surface area contributed by atoms with E-state index < -0.39 is 28.0 Å². The normalized spacial score (nSPS) is 11.7.